The molecule has 0 saturated carbocycles. The van der Waals surface area contributed by atoms with Gasteiger partial charge in [0.1, 0.15) is 6.10 Å². The Morgan fingerprint density at radius 1 is 1.50 bits per heavy atom. The molecule has 4 rings (SSSR count). The van der Waals surface area contributed by atoms with E-state index in [4.69, 9.17) is 21.7 Å². The van der Waals surface area contributed by atoms with Crippen LogP contribution in [0, 0.1) is 0 Å². The summed E-state index contributed by atoms with van der Waals surface area (Å²) in [6.45, 7) is 1.59. The summed E-state index contributed by atoms with van der Waals surface area (Å²) in [5.41, 5.74) is 2.21. The third-order valence-corrected chi connectivity index (χ3v) is 5.92. The first-order chi connectivity index (χ1) is 11.6. The monoisotopic (exact) mass is 346 g/mol. The number of nitrogens with one attached hydrogen (secondary N) is 1. The maximum Gasteiger partial charge on any atom is 0.168 e. The first-order valence-corrected chi connectivity index (χ1v) is 8.71. The van der Waals surface area contributed by atoms with Crippen molar-refractivity contribution in [2.75, 3.05) is 20.7 Å². The number of thiocarbonyl (C=S) groups is 1. The number of benzene rings is 1. The van der Waals surface area contributed by atoms with Crippen LogP contribution in [0.25, 0.3) is 0 Å². The zero-order chi connectivity index (χ0) is 16.9. The van der Waals surface area contributed by atoms with Gasteiger partial charge in [0.2, 0.25) is 0 Å². The van der Waals surface area contributed by atoms with Crippen LogP contribution in [0.1, 0.15) is 24.0 Å². The van der Waals surface area contributed by atoms with Crippen molar-refractivity contribution in [1.82, 2.24) is 10.2 Å². The van der Waals surface area contributed by atoms with Gasteiger partial charge >= 0.3 is 0 Å². The first kappa shape index (κ1) is 15.7. The Bertz CT molecular complexity index is 720. The minimum absolute atomic E-state index is 0.0642. The number of aliphatic hydroxyl groups is 1. The van der Waals surface area contributed by atoms with Gasteiger partial charge in [-0.1, -0.05) is 18.2 Å². The molecule has 1 aliphatic carbocycles. The van der Waals surface area contributed by atoms with Crippen molar-refractivity contribution in [3.05, 3.63) is 35.4 Å². The summed E-state index contributed by atoms with van der Waals surface area (Å²) in [5.74, 6) is 1.59. The molecule has 0 fully saturated rings. The second kappa shape index (κ2) is 5.63. The van der Waals surface area contributed by atoms with E-state index in [0.717, 1.165) is 36.1 Å². The lowest BCUT2D eigenvalue weighted by Crippen LogP contribution is -2.44. The van der Waals surface area contributed by atoms with Gasteiger partial charge in [-0.25, -0.2) is 0 Å². The summed E-state index contributed by atoms with van der Waals surface area (Å²) in [5, 5.41) is 13.9. The van der Waals surface area contributed by atoms with E-state index in [9.17, 15) is 5.11 Å². The van der Waals surface area contributed by atoms with E-state index < -0.39 is 6.10 Å². The molecular weight excluding hydrogens is 324 g/mol. The molecule has 0 unspecified atom stereocenters. The predicted octanol–water partition coefficient (Wildman–Crippen LogP) is 1.72. The fourth-order valence-corrected chi connectivity index (χ4v) is 4.42. The van der Waals surface area contributed by atoms with Gasteiger partial charge in [0, 0.05) is 32.1 Å². The Morgan fingerprint density at radius 3 is 3.08 bits per heavy atom. The van der Waals surface area contributed by atoms with E-state index in [2.05, 4.69) is 22.4 Å². The van der Waals surface area contributed by atoms with Gasteiger partial charge < -0.3 is 24.8 Å². The molecule has 0 amide bonds. The van der Waals surface area contributed by atoms with Gasteiger partial charge in [0.05, 0.1) is 18.6 Å². The van der Waals surface area contributed by atoms with Crippen LogP contribution in [-0.2, 0) is 12.0 Å². The van der Waals surface area contributed by atoms with Gasteiger partial charge in [-0.15, -0.1) is 0 Å². The summed E-state index contributed by atoms with van der Waals surface area (Å²) < 4.78 is 11.8. The summed E-state index contributed by atoms with van der Waals surface area (Å²) in [4.78, 5) is 2.19. The molecule has 1 spiro atoms. The SMILES string of the molecule is CNC(=S)N1CC[C@@]23C=C[C@H](O)C[C@@H]2Oc2c(OC)ccc(c23)C1. The number of hydrogen-bond acceptors (Lipinski definition) is 4. The van der Waals surface area contributed by atoms with E-state index >= 15 is 0 Å². The fourth-order valence-electron chi connectivity index (χ4n) is 4.27. The van der Waals surface area contributed by atoms with Crippen LogP contribution in [-0.4, -0.2) is 48.0 Å². The van der Waals surface area contributed by atoms with Crippen molar-refractivity contribution >= 4 is 17.3 Å². The van der Waals surface area contributed by atoms with E-state index in [1.807, 2.05) is 19.2 Å². The Labute approximate surface area is 147 Å². The molecule has 1 aromatic carbocycles. The zero-order valence-corrected chi connectivity index (χ0v) is 14.7. The minimum atomic E-state index is -0.456. The number of nitrogens with zero attached hydrogens (tertiary/aromatic N) is 1. The third-order valence-electron chi connectivity index (χ3n) is 5.46. The summed E-state index contributed by atoms with van der Waals surface area (Å²) in [6, 6.07) is 4.08. The summed E-state index contributed by atoms with van der Waals surface area (Å²) in [7, 11) is 3.53. The molecule has 0 bridgehead atoms. The highest BCUT2D eigenvalue weighted by Crippen LogP contribution is 2.55. The van der Waals surface area contributed by atoms with Crippen LogP contribution >= 0.6 is 12.2 Å². The van der Waals surface area contributed by atoms with Crippen molar-refractivity contribution in [2.45, 2.75) is 37.0 Å². The van der Waals surface area contributed by atoms with Crippen LogP contribution in [0.15, 0.2) is 24.3 Å². The van der Waals surface area contributed by atoms with E-state index in [1.54, 1.807) is 7.11 Å². The highest BCUT2D eigenvalue weighted by molar-refractivity contribution is 7.80. The molecule has 1 aromatic rings. The van der Waals surface area contributed by atoms with Crippen LogP contribution in [0.4, 0.5) is 0 Å². The van der Waals surface area contributed by atoms with Gasteiger partial charge in [0.25, 0.3) is 0 Å². The Hall–Kier alpha value is -1.79. The quantitative estimate of drug-likeness (QED) is 0.597. The molecular formula is C18H22N2O3S. The molecule has 24 heavy (non-hydrogen) atoms. The van der Waals surface area contributed by atoms with Crippen molar-refractivity contribution in [3.63, 3.8) is 0 Å². The number of hydrogen-bond donors (Lipinski definition) is 2. The van der Waals surface area contributed by atoms with Crippen molar-refractivity contribution < 1.29 is 14.6 Å². The molecule has 3 atom stereocenters. The average Bonchev–Trinajstić information content (AvgIpc) is 2.82. The van der Waals surface area contributed by atoms with Crippen molar-refractivity contribution in [2.24, 2.45) is 0 Å². The number of aliphatic hydroxyl groups excluding tert-OH is 1. The van der Waals surface area contributed by atoms with E-state index in [-0.39, 0.29) is 11.5 Å². The number of rotatable bonds is 1. The second-order valence-corrected chi connectivity index (χ2v) is 7.05. The second-order valence-electron chi connectivity index (χ2n) is 6.67. The lowest BCUT2D eigenvalue weighted by atomic mass is 9.69. The largest absolute Gasteiger partial charge is 0.493 e. The van der Waals surface area contributed by atoms with Crippen LogP contribution in [0.2, 0.25) is 0 Å². The molecule has 6 heteroatoms. The lowest BCUT2D eigenvalue weighted by Gasteiger charge is -2.36. The first-order valence-electron chi connectivity index (χ1n) is 8.30. The summed E-state index contributed by atoms with van der Waals surface area (Å²) in [6.07, 6.45) is 5.03. The maximum atomic E-state index is 10.1. The molecule has 0 aromatic heterocycles. The molecule has 2 heterocycles. The molecule has 5 nitrogen and oxygen atoms in total. The Balaban J connectivity index is 1.88. The van der Waals surface area contributed by atoms with Gasteiger partial charge in [0.15, 0.2) is 16.6 Å². The van der Waals surface area contributed by atoms with E-state index in [0.29, 0.717) is 6.42 Å². The zero-order valence-electron chi connectivity index (χ0n) is 13.9. The van der Waals surface area contributed by atoms with Crippen LogP contribution in [0.5, 0.6) is 11.5 Å². The topological polar surface area (TPSA) is 54.0 Å². The van der Waals surface area contributed by atoms with Crippen molar-refractivity contribution in [3.8, 4) is 11.5 Å². The molecule has 0 radical (unpaired) electrons. The molecule has 2 N–H and O–H groups in total. The normalized spacial score (nSPS) is 30.0. The minimum Gasteiger partial charge on any atom is -0.493 e. The molecule has 3 aliphatic rings. The Morgan fingerprint density at radius 2 is 2.33 bits per heavy atom. The smallest absolute Gasteiger partial charge is 0.168 e. The van der Waals surface area contributed by atoms with E-state index in [1.165, 1.54) is 11.1 Å². The van der Waals surface area contributed by atoms with Crippen LogP contribution in [0.3, 0.4) is 0 Å². The maximum absolute atomic E-state index is 10.1. The summed E-state index contributed by atoms with van der Waals surface area (Å²) >= 11 is 5.47. The fraction of sp³-hybridized carbons (Fsp3) is 0.500. The molecule has 2 aliphatic heterocycles. The highest BCUT2D eigenvalue weighted by Gasteiger charge is 2.52. The number of ether oxygens (including phenoxy) is 2. The Kier molecular flexibility index (Phi) is 3.69. The molecule has 128 valence electrons. The number of methoxy groups -OCH3 is 1. The standard InChI is InChI=1S/C18H22N2O3S/c1-19-17(24)20-8-7-18-6-5-12(21)9-14(18)23-16-13(22-2)4-3-11(10-20)15(16)18/h3-6,12,14,21H,7-10H2,1-2H3,(H,19,24)/t12-,14-,18-/m0/s1. The third kappa shape index (κ3) is 2.13. The lowest BCUT2D eigenvalue weighted by molar-refractivity contribution is 0.0833. The van der Waals surface area contributed by atoms with Gasteiger partial charge in [-0.3, -0.25) is 0 Å². The van der Waals surface area contributed by atoms with Gasteiger partial charge in [-0.2, -0.15) is 0 Å². The molecule has 0 saturated heterocycles. The average molecular weight is 346 g/mol. The van der Waals surface area contributed by atoms with Gasteiger partial charge in [-0.05, 0) is 30.3 Å². The predicted molar refractivity (Wildman–Crippen MR) is 95.5 cm³/mol. The van der Waals surface area contributed by atoms with Crippen molar-refractivity contribution in [1.29, 1.82) is 0 Å². The highest BCUT2D eigenvalue weighted by atomic mass is 32.1. The van der Waals surface area contributed by atoms with Crippen LogP contribution < -0.4 is 14.8 Å².